The highest BCUT2D eigenvalue weighted by Crippen LogP contribution is 2.30. The molecule has 0 unspecified atom stereocenters. The van der Waals surface area contributed by atoms with E-state index in [1.165, 1.54) is 0 Å². The number of rotatable bonds is 4. The summed E-state index contributed by atoms with van der Waals surface area (Å²) >= 11 is 6.20. The Balaban J connectivity index is 1.57. The summed E-state index contributed by atoms with van der Waals surface area (Å²) in [5.41, 5.74) is 2.42. The van der Waals surface area contributed by atoms with Gasteiger partial charge in [-0.1, -0.05) is 29.8 Å². The summed E-state index contributed by atoms with van der Waals surface area (Å²) in [5.74, 6) is 0.0231. The second kappa shape index (κ2) is 7.62. The lowest BCUT2D eigenvalue weighted by Crippen LogP contribution is -3.14. The molecule has 27 heavy (non-hydrogen) atoms. The monoisotopic (exact) mass is 384 g/mol. The van der Waals surface area contributed by atoms with E-state index in [1.807, 2.05) is 36.4 Å². The van der Waals surface area contributed by atoms with Crippen molar-refractivity contribution >= 4 is 39.9 Å². The van der Waals surface area contributed by atoms with Gasteiger partial charge < -0.3 is 19.5 Å². The summed E-state index contributed by atoms with van der Waals surface area (Å²) in [6.45, 7) is 7.46. The number of likely N-dealkylation sites (N-methyl/N-ethyl adjacent to an activating group) is 1. The maximum Gasteiger partial charge on any atom is 0.291 e. The van der Waals surface area contributed by atoms with Crippen molar-refractivity contribution in [2.24, 2.45) is 0 Å². The molecule has 0 spiro atoms. The summed E-state index contributed by atoms with van der Waals surface area (Å²) < 4.78 is 5.68. The average molecular weight is 385 g/mol. The molecule has 2 N–H and O–H groups in total. The number of piperazine rings is 1. The van der Waals surface area contributed by atoms with Crippen LogP contribution in [0.2, 0.25) is 5.02 Å². The number of hydrogen-bond donors (Lipinski definition) is 2. The van der Waals surface area contributed by atoms with E-state index in [0.717, 1.165) is 43.8 Å². The minimum absolute atomic E-state index is 0.271. The van der Waals surface area contributed by atoms with E-state index in [4.69, 9.17) is 16.0 Å². The molecule has 3 aromatic rings. The van der Waals surface area contributed by atoms with Crippen LogP contribution < -0.4 is 15.1 Å². The Kier molecular flexibility index (Phi) is 5.05. The highest BCUT2D eigenvalue weighted by Gasteiger charge is 2.22. The Hall–Kier alpha value is -2.50. The van der Waals surface area contributed by atoms with Gasteiger partial charge in [0.25, 0.3) is 5.91 Å². The summed E-state index contributed by atoms with van der Waals surface area (Å²) in [6, 6.07) is 15.0. The van der Waals surface area contributed by atoms with Crippen molar-refractivity contribution in [2.75, 3.05) is 42.9 Å². The third-order valence-corrected chi connectivity index (χ3v) is 5.40. The normalized spacial score (nSPS) is 15.3. The number of carbonyl (C=O) groups excluding carboxylic acids is 1. The minimum Gasteiger partial charge on any atom is -0.451 e. The molecule has 5 nitrogen and oxygen atoms in total. The van der Waals surface area contributed by atoms with Gasteiger partial charge in [-0.15, -0.1) is 0 Å². The van der Waals surface area contributed by atoms with E-state index in [1.54, 1.807) is 17.0 Å². The van der Waals surface area contributed by atoms with Crippen LogP contribution in [-0.4, -0.2) is 38.6 Å². The topological polar surface area (TPSA) is 49.9 Å². The maximum atomic E-state index is 12.8. The smallest absolute Gasteiger partial charge is 0.291 e. The molecule has 140 valence electrons. The van der Waals surface area contributed by atoms with Crippen molar-refractivity contribution in [3.63, 3.8) is 0 Å². The number of nitrogens with one attached hydrogen (secondary N) is 2. The number of para-hydroxylation sites is 1. The molecule has 4 rings (SSSR count). The molecular weight excluding hydrogens is 362 g/mol. The second-order valence-corrected chi connectivity index (χ2v) is 7.29. The van der Waals surface area contributed by atoms with Crippen LogP contribution in [0, 0.1) is 0 Å². The predicted molar refractivity (Wildman–Crippen MR) is 109 cm³/mol. The van der Waals surface area contributed by atoms with Crippen molar-refractivity contribution in [3.05, 3.63) is 59.3 Å². The van der Waals surface area contributed by atoms with Gasteiger partial charge in [-0.3, -0.25) is 4.79 Å². The van der Waals surface area contributed by atoms with Gasteiger partial charge in [0.05, 0.1) is 44.1 Å². The van der Waals surface area contributed by atoms with Crippen molar-refractivity contribution in [2.45, 2.75) is 6.92 Å². The number of quaternary nitrogens is 1. The molecule has 2 heterocycles. The average Bonchev–Trinajstić information content (AvgIpc) is 3.13. The first-order valence-electron chi connectivity index (χ1n) is 9.32. The molecular formula is C21H23ClN3O2+. The Labute approximate surface area is 163 Å². The zero-order chi connectivity index (χ0) is 18.8. The molecule has 2 aromatic carbocycles. The molecule has 0 radical (unpaired) electrons. The van der Waals surface area contributed by atoms with E-state index >= 15 is 0 Å². The Morgan fingerprint density at radius 2 is 1.96 bits per heavy atom. The highest BCUT2D eigenvalue weighted by atomic mass is 35.5. The van der Waals surface area contributed by atoms with Crippen LogP contribution in [0.5, 0.6) is 0 Å². The quantitative estimate of drug-likeness (QED) is 0.726. The number of fused-ring (bicyclic) bond motifs is 1. The fraction of sp³-hybridized carbons (Fsp3) is 0.286. The SMILES string of the molecule is CC[NH+]1CCN(c2ccc(Cl)cc2NC(=O)c2cc3ccccc3o2)CC1. The van der Waals surface area contributed by atoms with Gasteiger partial charge in [0.15, 0.2) is 5.76 Å². The molecule has 1 aliphatic heterocycles. The van der Waals surface area contributed by atoms with Gasteiger partial charge in [0, 0.05) is 10.4 Å². The van der Waals surface area contributed by atoms with Crippen LogP contribution in [0.4, 0.5) is 11.4 Å². The number of furan rings is 1. The molecule has 1 aliphatic rings. The summed E-state index contributed by atoms with van der Waals surface area (Å²) in [4.78, 5) is 16.7. The lowest BCUT2D eigenvalue weighted by Gasteiger charge is -2.34. The number of anilines is 2. The van der Waals surface area contributed by atoms with Crippen molar-refractivity contribution in [1.29, 1.82) is 0 Å². The lowest BCUT2D eigenvalue weighted by molar-refractivity contribution is -0.898. The van der Waals surface area contributed by atoms with Crippen molar-refractivity contribution in [3.8, 4) is 0 Å². The fourth-order valence-electron chi connectivity index (χ4n) is 3.58. The van der Waals surface area contributed by atoms with Gasteiger partial charge >= 0.3 is 0 Å². The van der Waals surface area contributed by atoms with Gasteiger partial charge in [-0.05, 0) is 37.3 Å². The number of carbonyl (C=O) groups is 1. The largest absolute Gasteiger partial charge is 0.451 e. The van der Waals surface area contributed by atoms with Crippen LogP contribution >= 0.6 is 11.6 Å². The summed E-state index contributed by atoms with van der Waals surface area (Å²) in [5, 5.41) is 4.49. The number of nitrogens with zero attached hydrogens (tertiary/aromatic N) is 1. The van der Waals surface area contributed by atoms with Gasteiger partial charge in [0.1, 0.15) is 5.58 Å². The van der Waals surface area contributed by atoms with E-state index in [9.17, 15) is 4.79 Å². The highest BCUT2D eigenvalue weighted by molar-refractivity contribution is 6.31. The lowest BCUT2D eigenvalue weighted by atomic mass is 10.2. The summed E-state index contributed by atoms with van der Waals surface area (Å²) in [7, 11) is 0. The summed E-state index contributed by atoms with van der Waals surface area (Å²) in [6.07, 6.45) is 0. The zero-order valence-electron chi connectivity index (χ0n) is 15.3. The molecule has 1 aromatic heterocycles. The zero-order valence-corrected chi connectivity index (χ0v) is 16.1. The van der Waals surface area contributed by atoms with Crippen LogP contribution in [0.1, 0.15) is 17.5 Å². The van der Waals surface area contributed by atoms with Crippen LogP contribution in [-0.2, 0) is 0 Å². The number of hydrogen-bond acceptors (Lipinski definition) is 3. The minimum atomic E-state index is -0.271. The van der Waals surface area contributed by atoms with Crippen LogP contribution in [0.3, 0.4) is 0 Å². The molecule has 6 heteroatoms. The molecule has 1 saturated heterocycles. The van der Waals surface area contributed by atoms with E-state index in [0.29, 0.717) is 22.1 Å². The number of halogens is 1. The number of benzene rings is 2. The first-order chi connectivity index (χ1) is 13.1. The Morgan fingerprint density at radius 3 is 2.70 bits per heavy atom. The molecule has 1 amide bonds. The number of amides is 1. The van der Waals surface area contributed by atoms with Crippen molar-refractivity contribution < 1.29 is 14.1 Å². The van der Waals surface area contributed by atoms with Crippen LogP contribution in [0.25, 0.3) is 11.0 Å². The first-order valence-corrected chi connectivity index (χ1v) is 9.70. The second-order valence-electron chi connectivity index (χ2n) is 6.85. The molecule has 0 aliphatic carbocycles. The standard InChI is InChI=1S/C21H22ClN3O2/c1-2-24-9-11-25(12-10-24)18-8-7-16(22)14-17(18)23-21(26)20-13-15-5-3-4-6-19(15)27-20/h3-8,13-14H,2,9-12H2,1H3,(H,23,26)/p+1. The van der Waals surface area contributed by atoms with Gasteiger partial charge in [-0.2, -0.15) is 0 Å². The van der Waals surface area contributed by atoms with Gasteiger partial charge in [-0.25, -0.2) is 0 Å². The van der Waals surface area contributed by atoms with Gasteiger partial charge in [0.2, 0.25) is 0 Å². The van der Waals surface area contributed by atoms with E-state index in [2.05, 4.69) is 17.1 Å². The third kappa shape index (κ3) is 3.80. The Morgan fingerprint density at radius 1 is 1.19 bits per heavy atom. The van der Waals surface area contributed by atoms with E-state index < -0.39 is 0 Å². The molecule has 0 saturated carbocycles. The van der Waals surface area contributed by atoms with Crippen LogP contribution in [0.15, 0.2) is 52.9 Å². The predicted octanol–water partition coefficient (Wildman–Crippen LogP) is 3.06. The van der Waals surface area contributed by atoms with E-state index in [-0.39, 0.29) is 5.91 Å². The fourth-order valence-corrected chi connectivity index (χ4v) is 3.75. The maximum absolute atomic E-state index is 12.8. The first kappa shape index (κ1) is 17.9. The molecule has 1 fully saturated rings. The third-order valence-electron chi connectivity index (χ3n) is 5.17. The van der Waals surface area contributed by atoms with Crippen molar-refractivity contribution in [1.82, 2.24) is 0 Å². The molecule has 0 atom stereocenters. The Bertz CT molecular complexity index is 928. The molecule has 0 bridgehead atoms.